The van der Waals surface area contributed by atoms with E-state index in [1.54, 1.807) is 0 Å². The lowest BCUT2D eigenvalue weighted by atomic mass is 10.1. The number of rotatable bonds is 7. The molecule has 1 aliphatic rings. The Morgan fingerprint density at radius 2 is 2.08 bits per heavy atom. The Morgan fingerprint density at radius 1 is 1.33 bits per heavy atom. The zero-order valence-corrected chi connectivity index (χ0v) is 17.2. The third kappa shape index (κ3) is 7.35. The Hall–Kier alpha value is -0.870. The third-order valence-corrected chi connectivity index (χ3v) is 3.73. The molecular formula is C16H30IN5O2. The quantitative estimate of drug-likeness (QED) is 0.374. The maximum Gasteiger partial charge on any atom is 0.191 e. The van der Waals surface area contributed by atoms with Gasteiger partial charge in [0, 0.05) is 38.8 Å². The van der Waals surface area contributed by atoms with Gasteiger partial charge in [-0.2, -0.15) is 0 Å². The van der Waals surface area contributed by atoms with Gasteiger partial charge >= 0.3 is 0 Å². The zero-order chi connectivity index (χ0) is 16.5. The van der Waals surface area contributed by atoms with E-state index in [1.807, 2.05) is 6.07 Å². The highest BCUT2D eigenvalue weighted by molar-refractivity contribution is 14.0. The van der Waals surface area contributed by atoms with Crippen LogP contribution in [0.25, 0.3) is 0 Å². The minimum Gasteiger partial charge on any atom is -0.379 e. The van der Waals surface area contributed by atoms with Gasteiger partial charge in [0.15, 0.2) is 11.7 Å². The Balaban J connectivity index is 0.00000288. The molecule has 1 aliphatic heterocycles. The lowest BCUT2D eigenvalue weighted by Gasteiger charge is -2.26. The van der Waals surface area contributed by atoms with Crippen molar-refractivity contribution in [3.05, 3.63) is 17.5 Å². The summed E-state index contributed by atoms with van der Waals surface area (Å²) in [5.41, 5.74) is 0.973. The van der Waals surface area contributed by atoms with Crippen LogP contribution in [0.15, 0.2) is 15.6 Å². The number of nitrogens with one attached hydrogen (secondary N) is 2. The molecule has 1 aromatic rings. The molecule has 0 atom stereocenters. The number of nitrogens with zero attached hydrogens (tertiary/aromatic N) is 3. The molecule has 1 saturated heterocycles. The number of aliphatic imine (C=N–C) groups is 1. The average molecular weight is 451 g/mol. The van der Waals surface area contributed by atoms with Crippen LogP contribution in [0.1, 0.15) is 38.1 Å². The molecule has 24 heavy (non-hydrogen) atoms. The molecule has 138 valence electrons. The van der Waals surface area contributed by atoms with Gasteiger partial charge in [-0.25, -0.2) is 4.99 Å². The van der Waals surface area contributed by atoms with Crippen LogP contribution in [0.4, 0.5) is 0 Å². The second-order valence-electron chi connectivity index (χ2n) is 5.95. The van der Waals surface area contributed by atoms with Crippen molar-refractivity contribution in [1.82, 2.24) is 20.7 Å². The minimum atomic E-state index is 0. The van der Waals surface area contributed by atoms with Crippen molar-refractivity contribution in [2.24, 2.45) is 4.99 Å². The summed E-state index contributed by atoms with van der Waals surface area (Å²) in [4.78, 5) is 6.95. The molecule has 2 rings (SSSR count). The topological polar surface area (TPSA) is 74.9 Å². The lowest BCUT2D eigenvalue weighted by molar-refractivity contribution is 0.0389. The van der Waals surface area contributed by atoms with E-state index in [0.717, 1.165) is 63.4 Å². The molecule has 7 nitrogen and oxygen atoms in total. The van der Waals surface area contributed by atoms with Gasteiger partial charge in [-0.05, 0) is 12.8 Å². The molecule has 0 saturated carbocycles. The highest BCUT2D eigenvalue weighted by Crippen LogP contribution is 2.14. The Bertz CT molecular complexity index is 487. The smallest absolute Gasteiger partial charge is 0.191 e. The van der Waals surface area contributed by atoms with Gasteiger partial charge in [0.2, 0.25) is 0 Å². The predicted molar refractivity (Wildman–Crippen MR) is 106 cm³/mol. The van der Waals surface area contributed by atoms with Crippen molar-refractivity contribution in [2.45, 2.75) is 33.2 Å². The number of halogens is 1. The first kappa shape index (κ1) is 21.2. The van der Waals surface area contributed by atoms with E-state index in [0.29, 0.717) is 12.5 Å². The number of hydrogen-bond donors (Lipinski definition) is 2. The van der Waals surface area contributed by atoms with Crippen molar-refractivity contribution in [3.8, 4) is 0 Å². The number of hydrogen-bond acceptors (Lipinski definition) is 5. The third-order valence-electron chi connectivity index (χ3n) is 3.73. The lowest BCUT2D eigenvalue weighted by Crippen LogP contribution is -2.44. The zero-order valence-electron chi connectivity index (χ0n) is 14.9. The molecular weight excluding hydrogens is 421 g/mol. The van der Waals surface area contributed by atoms with Crippen LogP contribution in [-0.2, 0) is 11.3 Å². The van der Waals surface area contributed by atoms with Gasteiger partial charge in [0.25, 0.3) is 0 Å². The van der Waals surface area contributed by atoms with Crippen LogP contribution in [0.3, 0.4) is 0 Å². The Kier molecular flexibility index (Phi) is 10.3. The maximum absolute atomic E-state index is 5.36. The molecule has 1 aromatic heterocycles. The summed E-state index contributed by atoms with van der Waals surface area (Å²) in [5, 5.41) is 10.7. The predicted octanol–water partition coefficient (Wildman–Crippen LogP) is 1.80. The largest absolute Gasteiger partial charge is 0.379 e. The van der Waals surface area contributed by atoms with Crippen molar-refractivity contribution in [1.29, 1.82) is 0 Å². The summed E-state index contributed by atoms with van der Waals surface area (Å²) in [6.45, 7) is 13.1. The summed E-state index contributed by atoms with van der Waals surface area (Å²) in [7, 11) is 0. The molecule has 0 bridgehead atoms. The minimum absolute atomic E-state index is 0. The number of guanidine groups is 1. The van der Waals surface area contributed by atoms with Gasteiger partial charge in [-0.3, -0.25) is 4.90 Å². The number of morpholine rings is 1. The van der Waals surface area contributed by atoms with Gasteiger partial charge < -0.3 is 19.9 Å². The second-order valence-corrected chi connectivity index (χ2v) is 5.95. The van der Waals surface area contributed by atoms with Crippen molar-refractivity contribution in [2.75, 3.05) is 45.9 Å². The van der Waals surface area contributed by atoms with E-state index < -0.39 is 0 Å². The molecule has 0 unspecified atom stereocenters. The standard InChI is InChI=1S/C16H29N5O2.HI/c1-4-17-16(18-5-6-21-7-9-22-10-8-21)19-12-14-11-15(13(2)3)20-23-14;/h11,13H,4-10,12H2,1-3H3,(H2,17,18,19);1H. The van der Waals surface area contributed by atoms with Crippen LogP contribution < -0.4 is 10.6 Å². The SMILES string of the molecule is CCNC(=NCc1cc(C(C)C)no1)NCCN1CCOCC1.I. The van der Waals surface area contributed by atoms with E-state index >= 15 is 0 Å². The van der Waals surface area contributed by atoms with Crippen molar-refractivity contribution in [3.63, 3.8) is 0 Å². The van der Waals surface area contributed by atoms with Crippen molar-refractivity contribution >= 4 is 29.9 Å². The molecule has 8 heteroatoms. The fourth-order valence-corrected chi connectivity index (χ4v) is 2.33. The number of ether oxygens (including phenoxy) is 1. The van der Waals surface area contributed by atoms with Gasteiger partial charge in [-0.15, -0.1) is 24.0 Å². The van der Waals surface area contributed by atoms with Gasteiger partial charge in [0.05, 0.1) is 18.9 Å². The summed E-state index contributed by atoms with van der Waals surface area (Å²) >= 11 is 0. The maximum atomic E-state index is 5.36. The highest BCUT2D eigenvalue weighted by atomic mass is 127. The summed E-state index contributed by atoms with van der Waals surface area (Å²) in [6, 6.07) is 1.98. The van der Waals surface area contributed by atoms with Crippen LogP contribution >= 0.6 is 24.0 Å². The molecule has 2 N–H and O–H groups in total. The number of aromatic nitrogens is 1. The van der Waals surface area contributed by atoms with Crippen LogP contribution in [0, 0.1) is 0 Å². The van der Waals surface area contributed by atoms with E-state index in [9.17, 15) is 0 Å². The molecule has 2 heterocycles. The van der Waals surface area contributed by atoms with E-state index in [4.69, 9.17) is 9.26 Å². The molecule has 0 radical (unpaired) electrons. The Labute approximate surface area is 161 Å². The van der Waals surface area contributed by atoms with Gasteiger partial charge in [0.1, 0.15) is 6.54 Å². The van der Waals surface area contributed by atoms with E-state index in [1.165, 1.54) is 0 Å². The van der Waals surface area contributed by atoms with Crippen LogP contribution in [-0.4, -0.2) is 62.0 Å². The first-order chi connectivity index (χ1) is 11.2. The van der Waals surface area contributed by atoms with Crippen LogP contribution in [0.5, 0.6) is 0 Å². The van der Waals surface area contributed by atoms with E-state index in [-0.39, 0.29) is 24.0 Å². The molecule has 0 aliphatic carbocycles. The molecule has 0 amide bonds. The van der Waals surface area contributed by atoms with Crippen LogP contribution in [0.2, 0.25) is 0 Å². The summed E-state index contributed by atoms with van der Waals surface area (Å²) in [6.07, 6.45) is 0. The summed E-state index contributed by atoms with van der Waals surface area (Å²) in [5.74, 6) is 1.97. The molecule has 0 spiro atoms. The first-order valence-electron chi connectivity index (χ1n) is 8.46. The van der Waals surface area contributed by atoms with Crippen molar-refractivity contribution < 1.29 is 9.26 Å². The first-order valence-corrected chi connectivity index (χ1v) is 8.46. The van der Waals surface area contributed by atoms with E-state index in [2.05, 4.69) is 46.5 Å². The second kappa shape index (κ2) is 11.6. The fraction of sp³-hybridized carbons (Fsp3) is 0.750. The fourth-order valence-electron chi connectivity index (χ4n) is 2.33. The van der Waals surface area contributed by atoms with Gasteiger partial charge in [-0.1, -0.05) is 19.0 Å². The molecule has 0 aromatic carbocycles. The Morgan fingerprint density at radius 3 is 2.71 bits per heavy atom. The normalized spacial score (nSPS) is 16.1. The summed E-state index contributed by atoms with van der Waals surface area (Å²) < 4.78 is 10.7. The monoisotopic (exact) mass is 451 g/mol. The average Bonchev–Trinajstić information content (AvgIpc) is 3.03. The molecule has 1 fully saturated rings. The highest BCUT2D eigenvalue weighted by Gasteiger charge is 2.10.